The van der Waals surface area contributed by atoms with E-state index < -0.39 is 0 Å². The number of hydrogen-bond acceptors (Lipinski definition) is 5. The summed E-state index contributed by atoms with van der Waals surface area (Å²) in [7, 11) is 1.62. The monoisotopic (exact) mass is 241 g/mol. The zero-order valence-electron chi connectivity index (χ0n) is 10.0. The lowest BCUT2D eigenvalue weighted by Crippen LogP contribution is -2.32. The third-order valence-electron chi connectivity index (χ3n) is 2.18. The minimum absolute atomic E-state index is 0.00282. The molecular weight excluding hydrogens is 222 g/mol. The average Bonchev–Trinajstić information content (AvgIpc) is 2.85. The number of carbonyl (C=O) groups is 1. The molecular formula is C10H19N5O2. The minimum atomic E-state index is -0.00282. The van der Waals surface area contributed by atoms with E-state index in [9.17, 15) is 4.79 Å². The maximum absolute atomic E-state index is 10.9. The second-order valence-electron chi connectivity index (χ2n) is 3.53. The highest BCUT2D eigenvalue weighted by Gasteiger charge is 1.97. The van der Waals surface area contributed by atoms with E-state index >= 15 is 0 Å². The third kappa shape index (κ3) is 6.64. The molecule has 3 N–H and O–H groups in total. The molecule has 0 saturated heterocycles. The smallest absolute Gasteiger partial charge is 0.233 e. The molecule has 0 radical (unpaired) electrons. The van der Waals surface area contributed by atoms with Crippen LogP contribution in [0.15, 0.2) is 6.20 Å². The molecule has 7 nitrogen and oxygen atoms in total. The molecule has 0 aliphatic rings. The van der Waals surface area contributed by atoms with Gasteiger partial charge < -0.3 is 15.4 Å². The number of aromatic amines is 1. The Balaban J connectivity index is 1.83. The van der Waals surface area contributed by atoms with Gasteiger partial charge in [-0.1, -0.05) is 5.21 Å². The molecule has 1 aromatic rings. The molecule has 1 amide bonds. The molecule has 0 aliphatic heterocycles. The first-order chi connectivity index (χ1) is 8.33. The van der Waals surface area contributed by atoms with Crippen molar-refractivity contribution >= 4 is 5.91 Å². The Morgan fingerprint density at radius 3 is 3.12 bits per heavy atom. The summed E-state index contributed by atoms with van der Waals surface area (Å²) in [5, 5.41) is 15.7. The van der Waals surface area contributed by atoms with Crippen LogP contribution < -0.4 is 10.6 Å². The SMILES string of the molecule is CNC(=O)CNCCCOCCc1c[nH]nn1. The summed E-state index contributed by atoms with van der Waals surface area (Å²) in [6, 6.07) is 0. The van der Waals surface area contributed by atoms with Crippen LogP contribution in [0.4, 0.5) is 0 Å². The Kier molecular flexibility index (Phi) is 6.92. The normalized spacial score (nSPS) is 10.4. The largest absolute Gasteiger partial charge is 0.381 e. The number of nitrogens with zero attached hydrogens (tertiary/aromatic N) is 2. The first-order valence-corrected chi connectivity index (χ1v) is 5.67. The molecule has 0 aromatic carbocycles. The van der Waals surface area contributed by atoms with Crippen LogP contribution in [0.3, 0.4) is 0 Å². The van der Waals surface area contributed by atoms with E-state index in [-0.39, 0.29) is 5.91 Å². The van der Waals surface area contributed by atoms with Gasteiger partial charge >= 0.3 is 0 Å². The Labute approximate surface area is 100 Å². The molecule has 0 aliphatic carbocycles. The Morgan fingerprint density at radius 2 is 2.41 bits per heavy atom. The fourth-order valence-electron chi connectivity index (χ4n) is 1.22. The van der Waals surface area contributed by atoms with Crippen molar-refractivity contribution in [2.45, 2.75) is 12.8 Å². The molecule has 1 rings (SSSR count). The van der Waals surface area contributed by atoms with E-state index in [1.165, 1.54) is 0 Å². The lowest BCUT2D eigenvalue weighted by Gasteiger charge is -2.04. The zero-order valence-corrected chi connectivity index (χ0v) is 10.0. The van der Waals surface area contributed by atoms with Crippen molar-refractivity contribution in [3.8, 4) is 0 Å². The highest BCUT2D eigenvalue weighted by molar-refractivity contribution is 5.77. The first-order valence-electron chi connectivity index (χ1n) is 5.67. The average molecular weight is 241 g/mol. The summed E-state index contributed by atoms with van der Waals surface area (Å²) < 4.78 is 5.42. The highest BCUT2D eigenvalue weighted by Crippen LogP contribution is 1.91. The van der Waals surface area contributed by atoms with Crippen molar-refractivity contribution in [3.05, 3.63) is 11.9 Å². The van der Waals surface area contributed by atoms with Crippen LogP contribution in [0.5, 0.6) is 0 Å². The summed E-state index contributed by atoms with van der Waals surface area (Å²) in [5.74, 6) is -0.00282. The molecule has 0 spiro atoms. The first kappa shape index (κ1) is 13.6. The minimum Gasteiger partial charge on any atom is -0.381 e. The maximum atomic E-state index is 10.9. The molecule has 0 saturated carbocycles. The zero-order chi connectivity index (χ0) is 12.3. The van der Waals surface area contributed by atoms with Gasteiger partial charge in [0.2, 0.25) is 5.91 Å². The summed E-state index contributed by atoms with van der Waals surface area (Å²) in [6.07, 6.45) is 3.41. The molecule has 1 aromatic heterocycles. The summed E-state index contributed by atoms with van der Waals surface area (Å²) in [4.78, 5) is 10.9. The number of aromatic nitrogens is 3. The number of amides is 1. The van der Waals surface area contributed by atoms with E-state index in [1.807, 2.05) is 0 Å². The van der Waals surface area contributed by atoms with Crippen LogP contribution in [0, 0.1) is 0 Å². The summed E-state index contributed by atoms with van der Waals surface area (Å²) in [5.41, 5.74) is 0.905. The number of likely N-dealkylation sites (N-methyl/N-ethyl adjacent to an activating group) is 1. The highest BCUT2D eigenvalue weighted by atomic mass is 16.5. The van der Waals surface area contributed by atoms with Crippen LogP contribution in [0.1, 0.15) is 12.1 Å². The van der Waals surface area contributed by atoms with Crippen LogP contribution in [-0.2, 0) is 16.0 Å². The predicted molar refractivity (Wildman–Crippen MR) is 62.5 cm³/mol. The third-order valence-corrected chi connectivity index (χ3v) is 2.18. The van der Waals surface area contributed by atoms with Gasteiger partial charge in [-0.25, -0.2) is 0 Å². The quantitative estimate of drug-likeness (QED) is 0.487. The molecule has 0 unspecified atom stereocenters. The number of carbonyl (C=O) groups excluding carboxylic acids is 1. The van der Waals surface area contributed by atoms with Gasteiger partial charge in [0, 0.05) is 26.3 Å². The Morgan fingerprint density at radius 1 is 1.53 bits per heavy atom. The van der Waals surface area contributed by atoms with E-state index in [2.05, 4.69) is 26.0 Å². The number of ether oxygens (including phenoxy) is 1. The van der Waals surface area contributed by atoms with Gasteiger partial charge in [0.1, 0.15) is 0 Å². The number of nitrogens with one attached hydrogen (secondary N) is 3. The van der Waals surface area contributed by atoms with E-state index in [0.29, 0.717) is 19.8 Å². The van der Waals surface area contributed by atoms with Gasteiger partial charge in [0.25, 0.3) is 0 Å². The van der Waals surface area contributed by atoms with Gasteiger partial charge in [-0.3, -0.25) is 9.89 Å². The van der Waals surface area contributed by atoms with Crippen molar-refractivity contribution in [2.75, 3.05) is 33.4 Å². The van der Waals surface area contributed by atoms with Crippen molar-refractivity contribution in [1.82, 2.24) is 26.0 Å². The van der Waals surface area contributed by atoms with Crippen LogP contribution in [-0.4, -0.2) is 54.7 Å². The molecule has 96 valence electrons. The van der Waals surface area contributed by atoms with E-state index in [1.54, 1.807) is 13.2 Å². The van der Waals surface area contributed by atoms with Crippen LogP contribution >= 0.6 is 0 Å². The lowest BCUT2D eigenvalue weighted by molar-refractivity contribution is -0.119. The van der Waals surface area contributed by atoms with Crippen molar-refractivity contribution in [1.29, 1.82) is 0 Å². The van der Waals surface area contributed by atoms with E-state index in [4.69, 9.17) is 4.74 Å². The van der Waals surface area contributed by atoms with Gasteiger partial charge in [-0.05, 0) is 13.0 Å². The molecule has 1 heterocycles. The van der Waals surface area contributed by atoms with Crippen LogP contribution in [0.25, 0.3) is 0 Å². The Bertz CT molecular complexity index is 302. The molecule has 17 heavy (non-hydrogen) atoms. The number of H-pyrrole nitrogens is 1. The molecule has 7 heteroatoms. The van der Waals surface area contributed by atoms with Crippen molar-refractivity contribution in [3.63, 3.8) is 0 Å². The maximum Gasteiger partial charge on any atom is 0.233 e. The topological polar surface area (TPSA) is 91.9 Å². The van der Waals surface area contributed by atoms with E-state index in [0.717, 1.165) is 25.1 Å². The fourth-order valence-corrected chi connectivity index (χ4v) is 1.22. The van der Waals surface area contributed by atoms with Crippen molar-refractivity contribution < 1.29 is 9.53 Å². The van der Waals surface area contributed by atoms with Gasteiger partial charge in [-0.15, -0.1) is 5.10 Å². The predicted octanol–water partition coefficient (Wildman–Crippen LogP) is -0.910. The lowest BCUT2D eigenvalue weighted by atomic mass is 10.3. The number of rotatable bonds is 9. The molecule has 0 atom stereocenters. The van der Waals surface area contributed by atoms with Crippen LogP contribution in [0.2, 0.25) is 0 Å². The summed E-state index contributed by atoms with van der Waals surface area (Å²) >= 11 is 0. The Hall–Kier alpha value is -1.47. The molecule has 0 bridgehead atoms. The van der Waals surface area contributed by atoms with Gasteiger partial charge in [0.15, 0.2) is 0 Å². The summed E-state index contributed by atoms with van der Waals surface area (Å²) in [6.45, 7) is 2.45. The van der Waals surface area contributed by atoms with Gasteiger partial charge in [0.05, 0.1) is 18.8 Å². The second-order valence-corrected chi connectivity index (χ2v) is 3.53. The molecule has 0 fully saturated rings. The van der Waals surface area contributed by atoms with Crippen molar-refractivity contribution in [2.24, 2.45) is 0 Å². The van der Waals surface area contributed by atoms with Gasteiger partial charge in [-0.2, -0.15) is 0 Å². The second kappa shape index (κ2) is 8.66. The number of hydrogen-bond donors (Lipinski definition) is 3. The standard InChI is InChI=1S/C10H19N5O2/c1-11-10(16)8-12-4-2-5-17-6-3-9-7-13-15-14-9/h7,12H,2-6,8H2,1H3,(H,11,16)(H,13,14,15). The fraction of sp³-hybridized carbons (Fsp3) is 0.700.